The highest BCUT2D eigenvalue weighted by Gasteiger charge is 2.76. The number of aryl methyl sites for hydroxylation is 1. The lowest BCUT2D eigenvalue weighted by Gasteiger charge is -2.43. The third-order valence-corrected chi connectivity index (χ3v) is 9.58. The van der Waals surface area contributed by atoms with Crippen LogP contribution >= 0.6 is 0 Å². The van der Waals surface area contributed by atoms with Crippen LogP contribution in [0, 0.1) is 12.3 Å². The Morgan fingerprint density at radius 2 is 1.94 bits per heavy atom. The van der Waals surface area contributed by atoms with E-state index in [0.717, 1.165) is 0 Å². The average molecular weight is 485 g/mol. The van der Waals surface area contributed by atoms with Gasteiger partial charge in [0.05, 0.1) is 0 Å². The number of carbonyl (C=O) groups is 1. The van der Waals surface area contributed by atoms with Crippen molar-refractivity contribution < 1.29 is 22.0 Å². The quantitative estimate of drug-likeness (QED) is 0.593. The molecule has 1 saturated heterocycles. The lowest BCUT2D eigenvalue weighted by Crippen LogP contribution is -2.54. The SMILES string of the molecule is CCN(c1nc(C)ccc1S(=O)(=O)N1CCC[C@H]1C(=O)N(C)C1CC2(C1)CC2(F)F)C(C)C. The normalized spacial score (nSPS) is 28.7. The van der Waals surface area contributed by atoms with Crippen molar-refractivity contribution in [3.63, 3.8) is 0 Å². The van der Waals surface area contributed by atoms with E-state index >= 15 is 0 Å². The first-order valence-electron chi connectivity index (χ1n) is 11.8. The molecule has 1 spiro atoms. The monoisotopic (exact) mass is 484 g/mol. The van der Waals surface area contributed by atoms with Crippen molar-refractivity contribution in [3.8, 4) is 0 Å². The van der Waals surface area contributed by atoms with Crippen LogP contribution < -0.4 is 4.90 Å². The van der Waals surface area contributed by atoms with Crippen molar-refractivity contribution in [2.24, 2.45) is 5.41 Å². The van der Waals surface area contributed by atoms with Crippen LogP contribution in [-0.2, 0) is 14.8 Å². The van der Waals surface area contributed by atoms with Gasteiger partial charge in [-0.1, -0.05) is 0 Å². The first-order chi connectivity index (χ1) is 15.3. The highest BCUT2D eigenvalue weighted by molar-refractivity contribution is 7.89. The van der Waals surface area contributed by atoms with Crippen LogP contribution in [0.5, 0.6) is 0 Å². The van der Waals surface area contributed by atoms with Gasteiger partial charge in [0.1, 0.15) is 16.8 Å². The molecule has 7 nitrogen and oxygen atoms in total. The van der Waals surface area contributed by atoms with Crippen molar-refractivity contribution in [1.29, 1.82) is 0 Å². The summed E-state index contributed by atoms with van der Waals surface area (Å²) >= 11 is 0. The molecule has 0 bridgehead atoms. The molecule has 1 aromatic rings. The Morgan fingerprint density at radius 1 is 1.30 bits per heavy atom. The van der Waals surface area contributed by atoms with E-state index in [2.05, 4.69) is 4.98 Å². The summed E-state index contributed by atoms with van der Waals surface area (Å²) in [6.07, 6.45) is 1.47. The second kappa shape index (κ2) is 8.15. The van der Waals surface area contributed by atoms with Gasteiger partial charge >= 0.3 is 0 Å². The molecule has 0 radical (unpaired) electrons. The van der Waals surface area contributed by atoms with Gasteiger partial charge in [0.2, 0.25) is 15.9 Å². The van der Waals surface area contributed by atoms with E-state index in [1.165, 1.54) is 9.21 Å². The Kier molecular flexibility index (Phi) is 6.00. The zero-order chi connectivity index (χ0) is 24.3. The molecule has 33 heavy (non-hydrogen) atoms. The molecule has 2 saturated carbocycles. The van der Waals surface area contributed by atoms with Crippen molar-refractivity contribution in [2.45, 2.75) is 88.7 Å². The molecule has 0 unspecified atom stereocenters. The minimum absolute atomic E-state index is 0.0480. The predicted octanol–water partition coefficient (Wildman–Crippen LogP) is 3.42. The van der Waals surface area contributed by atoms with Gasteiger partial charge in [-0.3, -0.25) is 4.79 Å². The molecular weight excluding hydrogens is 450 g/mol. The number of likely N-dealkylation sites (N-methyl/N-ethyl adjacent to an activating group) is 1. The second-order valence-electron chi connectivity index (χ2n) is 10.1. The first-order valence-corrected chi connectivity index (χ1v) is 13.2. The third-order valence-electron chi connectivity index (χ3n) is 7.65. The van der Waals surface area contributed by atoms with Crippen molar-refractivity contribution in [3.05, 3.63) is 17.8 Å². The number of nitrogens with zero attached hydrogens (tertiary/aromatic N) is 4. The number of aromatic nitrogens is 1. The summed E-state index contributed by atoms with van der Waals surface area (Å²) in [4.78, 5) is 21.4. The average Bonchev–Trinajstić information content (AvgIpc) is 3.05. The van der Waals surface area contributed by atoms with Gasteiger partial charge in [-0.05, 0) is 65.5 Å². The van der Waals surface area contributed by atoms with Crippen LogP contribution in [0.2, 0.25) is 0 Å². The topological polar surface area (TPSA) is 73.8 Å². The van der Waals surface area contributed by atoms with Crippen LogP contribution in [0.1, 0.15) is 58.6 Å². The molecule has 1 aromatic heterocycles. The van der Waals surface area contributed by atoms with Crippen LogP contribution in [0.15, 0.2) is 17.0 Å². The van der Waals surface area contributed by atoms with E-state index in [0.29, 0.717) is 30.9 Å². The van der Waals surface area contributed by atoms with Gasteiger partial charge in [0.15, 0.2) is 0 Å². The second-order valence-corrected chi connectivity index (χ2v) is 12.0. The van der Waals surface area contributed by atoms with Gasteiger partial charge in [0, 0.05) is 49.8 Å². The van der Waals surface area contributed by atoms with E-state index < -0.39 is 27.4 Å². The molecule has 3 fully saturated rings. The Balaban J connectivity index is 1.58. The molecule has 0 N–H and O–H groups in total. The summed E-state index contributed by atoms with van der Waals surface area (Å²) < 4.78 is 56.1. The molecular formula is C23H34F2N4O3S. The Hall–Kier alpha value is -1.81. The highest BCUT2D eigenvalue weighted by Crippen LogP contribution is 2.71. The molecule has 2 heterocycles. The first kappa shape index (κ1) is 24.3. The maximum atomic E-state index is 13.8. The lowest BCUT2D eigenvalue weighted by atomic mass is 9.75. The Bertz CT molecular complexity index is 1040. The number of halogens is 2. The van der Waals surface area contributed by atoms with E-state index in [4.69, 9.17) is 0 Å². The van der Waals surface area contributed by atoms with Crippen LogP contribution in [0.25, 0.3) is 0 Å². The summed E-state index contributed by atoms with van der Waals surface area (Å²) in [5.41, 5.74) is -0.219. The summed E-state index contributed by atoms with van der Waals surface area (Å²) in [5.74, 6) is -2.53. The predicted molar refractivity (Wildman–Crippen MR) is 122 cm³/mol. The molecule has 1 amide bonds. The summed E-state index contributed by atoms with van der Waals surface area (Å²) in [5, 5.41) is 0. The van der Waals surface area contributed by atoms with E-state index in [-0.39, 0.29) is 48.7 Å². The summed E-state index contributed by atoms with van der Waals surface area (Å²) in [6, 6.07) is 2.22. The molecule has 1 aliphatic heterocycles. The molecule has 3 aliphatic rings. The molecule has 184 valence electrons. The maximum absolute atomic E-state index is 13.8. The Labute approximate surface area is 195 Å². The van der Waals surface area contributed by atoms with Gasteiger partial charge < -0.3 is 9.80 Å². The van der Waals surface area contributed by atoms with Gasteiger partial charge in [-0.25, -0.2) is 22.2 Å². The smallest absolute Gasteiger partial charge is 0.254 e. The minimum atomic E-state index is -3.98. The number of pyridine rings is 1. The van der Waals surface area contributed by atoms with E-state index in [1.54, 1.807) is 19.2 Å². The number of hydrogen-bond acceptors (Lipinski definition) is 5. The number of alkyl halides is 2. The molecule has 1 atom stereocenters. The summed E-state index contributed by atoms with van der Waals surface area (Å²) in [7, 11) is -2.37. The number of amides is 1. The molecule has 10 heteroatoms. The Morgan fingerprint density at radius 3 is 2.48 bits per heavy atom. The maximum Gasteiger partial charge on any atom is 0.254 e. The lowest BCUT2D eigenvalue weighted by molar-refractivity contribution is -0.140. The number of carbonyl (C=O) groups excluding carboxylic acids is 1. The van der Waals surface area contributed by atoms with Crippen molar-refractivity contribution in [1.82, 2.24) is 14.2 Å². The number of rotatable bonds is 7. The number of hydrogen-bond donors (Lipinski definition) is 0. The number of anilines is 1. The van der Waals surface area contributed by atoms with Crippen molar-refractivity contribution in [2.75, 3.05) is 25.0 Å². The van der Waals surface area contributed by atoms with Crippen LogP contribution in [0.3, 0.4) is 0 Å². The zero-order valence-corrected chi connectivity index (χ0v) is 20.8. The fourth-order valence-corrected chi connectivity index (χ4v) is 7.24. The third kappa shape index (κ3) is 3.92. The molecule has 0 aromatic carbocycles. The van der Waals surface area contributed by atoms with E-state index in [1.807, 2.05) is 32.6 Å². The largest absolute Gasteiger partial charge is 0.353 e. The fraction of sp³-hybridized carbons (Fsp3) is 0.739. The van der Waals surface area contributed by atoms with Crippen molar-refractivity contribution >= 4 is 21.7 Å². The summed E-state index contributed by atoms with van der Waals surface area (Å²) in [6.45, 7) is 8.58. The van der Waals surface area contributed by atoms with Crippen LogP contribution in [0.4, 0.5) is 14.6 Å². The van der Waals surface area contributed by atoms with Gasteiger partial charge in [-0.15, -0.1) is 0 Å². The molecule has 2 aliphatic carbocycles. The van der Waals surface area contributed by atoms with Gasteiger partial charge in [-0.2, -0.15) is 4.31 Å². The number of sulfonamides is 1. The van der Waals surface area contributed by atoms with Gasteiger partial charge in [0.25, 0.3) is 5.92 Å². The minimum Gasteiger partial charge on any atom is -0.353 e. The highest BCUT2D eigenvalue weighted by atomic mass is 32.2. The standard InChI is InChI=1S/C23H34F2N4O3S/c1-6-28(15(2)3)20-19(10-9-16(4)26-20)33(31,32)29-11-7-8-18(29)21(30)27(5)17-12-22(13-17)14-23(22,24)25/h9-10,15,17-18H,6-8,11-14H2,1-5H3/t17?,18-,22?/m0/s1. The van der Waals surface area contributed by atoms with E-state index in [9.17, 15) is 22.0 Å². The molecule has 4 rings (SSSR count). The van der Waals surface area contributed by atoms with Crippen LogP contribution in [-0.4, -0.2) is 72.7 Å². The fourth-order valence-electron chi connectivity index (χ4n) is 5.45. The zero-order valence-electron chi connectivity index (χ0n) is 20.0.